The van der Waals surface area contributed by atoms with Crippen LogP contribution in [0.25, 0.3) is 0 Å². The van der Waals surface area contributed by atoms with Gasteiger partial charge in [0.15, 0.2) is 0 Å². The number of nitrogens with one attached hydrogen (secondary N) is 2. The van der Waals surface area contributed by atoms with Crippen molar-refractivity contribution in [1.29, 1.82) is 0 Å². The summed E-state index contributed by atoms with van der Waals surface area (Å²) in [6.45, 7) is 4.75. The lowest BCUT2D eigenvalue weighted by Gasteiger charge is -2.24. The lowest BCUT2D eigenvalue weighted by atomic mass is 10.1. The van der Waals surface area contributed by atoms with E-state index >= 15 is 0 Å². The second-order valence-electron chi connectivity index (χ2n) is 5.63. The molecule has 0 aromatic carbocycles. The molecule has 1 atom stereocenters. The first-order valence-electron chi connectivity index (χ1n) is 7.09. The molecule has 1 rings (SSSR count). The second-order valence-corrected chi connectivity index (χ2v) is 5.63. The van der Waals surface area contributed by atoms with E-state index in [0.717, 1.165) is 19.3 Å². The minimum atomic E-state index is -0.101. The van der Waals surface area contributed by atoms with Gasteiger partial charge in [0.1, 0.15) is 12.7 Å². The van der Waals surface area contributed by atoms with E-state index in [2.05, 4.69) is 22.5 Å². The Morgan fingerprint density at radius 1 is 1.37 bits per heavy atom. The molecule has 0 fully saturated rings. The van der Waals surface area contributed by atoms with Crippen molar-refractivity contribution in [1.82, 2.24) is 10.6 Å². The third kappa shape index (κ3) is 7.19. The second kappa shape index (κ2) is 8.19. The molecular formula is C15H26N2O2. The van der Waals surface area contributed by atoms with Crippen LogP contribution < -0.4 is 10.6 Å². The van der Waals surface area contributed by atoms with E-state index in [4.69, 9.17) is 4.74 Å². The van der Waals surface area contributed by atoms with E-state index in [1.165, 1.54) is 12.8 Å². The van der Waals surface area contributed by atoms with Gasteiger partial charge < -0.3 is 15.4 Å². The van der Waals surface area contributed by atoms with Gasteiger partial charge in [0.05, 0.1) is 0 Å². The average molecular weight is 266 g/mol. The van der Waals surface area contributed by atoms with Crippen LogP contribution in [0.2, 0.25) is 0 Å². The van der Waals surface area contributed by atoms with E-state index in [9.17, 15) is 4.79 Å². The number of amides is 1. The van der Waals surface area contributed by atoms with E-state index in [0.29, 0.717) is 6.54 Å². The summed E-state index contributed by atoms with van der Waals surface area (Å²) in [6, 6.07) is 0. The Morgan fingerprint density at radius 3 is 2.89 bits per heavy atom. The van der Waals surface area contributed by atoms with Gasteiger partial charge in [0.2, 0.25) is 5.91 Å². The molecule has 1 amide bonds. The summed E-state index contributed by atoms with van der Waals surface area (Å²) >= 11 is 0. The maximum Gasteiger partial charge on any atom is 0.246 e. The molecule has 19 heavy (non-hydrogen) atoms. The number of hydrogen-bond acceptors (Lipinski definition) is 3. The molecule has 4 heteroatoms. The average Bonchev–Trinajstić information content (AvgIpc) is 2.35. The van der Waals surface area contributed by atoms with Crippen molar-refractivity contribution in [3.05, 3.63) is 0 Å². The van der Waals surface area contributed by atoms with Gasteiger partial charge >= 0.3 is 0 Å². The molecule has 1 aliphatic carbocycles. The molecule has 108 valence electrons. The number of likely N-dealkylation sites (N-methyl/N-ethyl adjacent to an activating group) is 1. The van der Waals surface area contributed by atoms with Crippen molar-refractivity contribution in [2.24, 2.45) is 0 Å². The standard InChI is InChI=1S/C15H26N2O2/c1-15(2,16-3)12-17-14(18)11-19-13-9-7-5-4-6-8-10-13/h13,16H,4-7,9,11-12H2,1-3H3,(H,17,18). The van der Waals surface area contributed by atoms with Gasteiger partial charge in [-0.1, -0.05) is 12.3 Å². The lowest BCUT2D eigenvalue weighted by molar-refractivity contribution is -0.127. The third-order valence-corrected chi connectivity index (χ3v) is 3.35. The highest BCUT2D eigenvalue weighted by Crippen LogP contribution is 2.10. The number of carbonyl (C=O) groups excluding carboxylic acids is 1. The molecule has 0 bridgehead atoms. The monoisotopic (exact) mass is 266 g/mol. The number of rotatable bonds is 6. The zero-order valence-electron chi connectivity index (χ0n) is 12.3. The van der Waals surface area contributed by atoms with Crippen molar-refractivity contribution >= 4 is 5.91 Å². The maximum absolute atomic E-state index is 11.7. The lowest BCUT2D eigenvalue weighted by Crippen LogP contribution is -2.48. The molecule has 0 saturated heterocycles. The minimum absolute atomic E-state index is 0.0767. The van der Waals surface area contributed by atoms with Crippen LogP contribution in [0.15, 0.2) is 0 Å². The van der Waals surface area contributed by atoms with Gasteiger partial charge in [-0.15, -0.1) is 5.92 Å². The predicted octanol–water partition coefficient (Wildman–Crippen LogP) is 1.45. The van der Waals surface area contributed by atoms with Gasteiger partial charge in [-0.25, -0.2) is 0 Å². The van der Waals surface area contributed by atoms with Crippen molar-refractivity contribution in [2.45, 2.75) is 57.6 Å². The first-order valence-corrected chi connectivity index (χ1v) is 7.09. The fourth-order valence-electron chi connectivity index (χ4n) is 1.74. The molecule has 4 nitrogen and oxygen atoms in total. The van der Waals surface area contributed by atoms with Crippen LogP contribution in [0.3, 0.4) is 0 Å². The van der Waals surface area contributed by atoms with E-state index < -0.39 is 0 Å². The number of carbonyl (C=O) groups is 1. The third-order valence-electron chi connectivity index (χ3n) is 3.35. The molecule has 2 N–H and O–H groups in total. The summed E-state index contributed by atoms with van der Waals surface area (Å²) < 4.78 is 5.57. The van der Waals surface area contributed by atoms with Crippen LogP contribution in [0.5, 0.6) is 0 Å². The molecule has 0 radical (unpaired) electrons. The zero-order valence-corrected chi connectivity index (χ0v) is 12.3. The Bertz CT molecular complexity index is 342. The Labute approximate surface area is 116 Å². The topological polar surface area (TPSA) is 50.4 Å². The highest BCUT2D eigenvalue weighted by molar-refractivity contribution is 5.77. The summed E-state index contributed by atoms with van der Waals surface area (Å²) in [5.74, 6) is 6.13. The SMILES string of the molecule is CNC(C)(C)CNC(=O)COC1C#CCCCCC1. The molecule has 1 unspecified atom stereocenters. The summed E-state index contributed by atoms with van der Waals surface area (Å²) in [7, 11) is 1.88. The smallest absolute Gasteiger partial charge is 0.246 e. The van der Waals surface area contributed by atoms with Crippen molar-refractivity contribution in [2.75, 3.05) is 20.2 Å². The molecule has 0 aromatic rings. The Kier molecular flexibility index (Phi) is 6.90. The number of ether oxygens (including phenoxy) is 1. The molecule has 0 aromatic heterocycles. The summed E-state index contributed by atoms with van der Waals surface area (Å²) in [5, 5.41) is 6.01. The van der Waals surface area contributed by atoms with Gasteiger partial charge in [-0.2, -0.15) is 0 Å². The summed E-state index contributed by atoms with van der Waals surface area (Å²) in [5.41, 5.74) is -0.101. The van der Waals surface area contributed by atoms with Gasteiger partial charge in [0, 0.05) is 18.5 Å². The van der Waals surface area contributed by atoms with Crippen molar-refractivity contribution < 1.29 is 9.53 Å². The highest BCUT2D eigenvalue weighted by atomic mass is 16.5. The van der Waals surface area contributed by atoms with Crippen LogP contribution in [-0.4, -0.2) is 37.7 Å². The molecule has 0 spiro atoms. The Morgan fingerprint density at radius 2 is 2.16 bits per heavy atom. The van der Waals surface area contributed by atoms with Crippen LogP contribution in [0.4, 0.5) is 0 Å². The Balaban J connectivity index is 2.25. The molecule has 1 aliphatic rings. The van der Waals surface area contributed by atoms with E-state index in [-0.39, 0.29) is 24.2 Å². The largest absolute Gasteiger partial charge is 0.356 e. The first-order chi connectivity index (χ1) is 9.03. The normalized spacial score (nSPS) is 19.8. The van der Waals surface area contributed by atoms with Gasteiger partial charge in [-0.3, -0.25) is 4.79 Å². The zero-order chi connectivity index (χ0) is 14.1. The number of hydrogen-bond donors (Lipinski definition) is 2. The molecule has 0 heterocycles. The summed E-state index contributed by atoms with van der Waals surface area (Å²) in [6.07, 6.45) is 5.32. The predicted molar refractivity (Wildman–Crippen MR) is 76.7 cm³/mol. The van der Waals surface area contributed by atoms with Crippen molar-refractivity contribution in [3.8, 4) is 11.8 Å². The maximum atomic E-state index is 11.7. The molecular weight excluding hydrogens is 240 g/mol. The molecule has 0 aliphatic heterocycles. The van der Waals surface area contributed by atoms with Crippen LogP contribution in [0, 0.1) is 11.8 Å². The van der Waals surface area contributed by atoms with Crippen LogP contribution in [0.1, 0.15) is 46.0 Å². The minimum Gasteiger partial charge on any atom is -0.356 e. The van der Waals surface area contributed by atoms with Gasteiger partial charge in [-0.05, 0) is 40.2 Å². The van der Waals surface area contributed by atoms with Crippen LogP contribution in [-0.2, 0) is 9.53 Å². The van der Waals surface area contributed by atoms with Gasteiger partial charge in [0.25, 0.3) is 0 Å². The quantitative estimate of drug-likeness (QED) is 0.716. The van der Waals surface area contributed by atoms with E-state index in [1.54, 1.807) is 0 Å². The van der Waals surface area contributed by atoms with Crippen LogP contribution >= 0.6 is 0 Å². The highest BCUT2D eigenvalue weighted by Gasteiger charge is 2.16. The Hall–Kier alpha value is -1.05. The first kappa shape index (κ1) is 16.0. The van der Waals surface area contributed by atoms with Crippen molar-refractivity contribution in [3.63, 3.8) is 0 Å². The summed E-state index contributed by atoms with van der Waals surface area (Å²) in [4.78, 5) is 11.7. The fourth-order valence-corrected chi connectivity index (χ4v) is 1.74. The molecule has 0 saturated carbocycles. The van der Waals surface area contributed by atoms with E-state index in [1.807, 2.05) is 20.9 Å². The fraction of sp³-hybridized carbons (Fsp3) is 0.800.